The van der Waals surface area contributed by atoms with Crippen LogP contribution in [0, 0.1) is 0 Å². The van der Waals surface area contributed by atoms with Crippen molar-refractivity contribution in [1.82, 2.24) is 19.7 Å². The number of nitrogens with zero attached hydrogens (tertiary/aromatic N) is 3. The Bertz CT molecular complexity index is 541. The van der Waals surface area contributed by atoms with E-state index in [0.29, 0.717) is 11.3 Å². The predicted molar refractivity (Wildman–Crippen MR) is 71.1 cm³/mol. The van der Waals surface area contributed by atoms with E-state index in [4.69, 9.17) is 5.73 Å². The summed E-state index contributed by atoms with van der Waals surface area (Å²) in [6.07, 6.45) is 5.29. The standard InChI is InChI=1S/C11H16FN5S/c1-3-4-7(14-2)10-16-11(18-12)8-9(13)15-5-6-17(8)10/h5-7,14H,3-4H2,1-2H3,(H2,13,15)/t7-/m0/s1. The van der Waals surface area contributed by atoms with Gasteiger partial charge in [0, 0.05) is 12.4 Å². The summed E-state index contributed by atoms with van der Waals surface area (Å²) in [5.41, 5.74) is 6.33. The Balaban J connectivity index is 2.61. The quantitative estimate of drug-likeness (QED) is 0.872. The molecule has 0 aliphatic rings. The second kappa shape index (κ2) is 5.53. The van der Waals surface area contributed by atoms with Gasteiger partial charge < -0.3 is 11.1 Å². The highest BCUT2D eigenvalue weighted by molar-refractivity contribution is 7.94. The van der Waals surface area contributed by atoms with E-state index in [-0.39, 0.29) is 23.2 Å². The van der Waals surface area contributed by atoms with E-state index in [1.807, 2.05) is 7.05 Å². The number of nitrogen functional groups attached to an aromatic ring is 1. The lowest BCUT2D eigenvalue weighted by Crippen LogP contribution is -2.19. The van der Waals surface area contributed by atoms with Crippen LogP contribution in [-0.2, 0) is 0 Å². The number of aromatic nitrogens is 3. The minimum atomic E-state index is 0.0743. The smallest absolute Gasteiger partial charge is 0.159 e. The third-order valence-corrected chi connectivity index (χ3v) is 3.32. The summed E-state index contributed by atoms with van der Waals surface area (Å²) < 4.78 is 14.7. The maximum Gasteiger partial charge on any atom is 0.159 e. The molecule has 1 atom stereocenters. The van der Waals surface area contributed by atoms with Gasteiger partial charge in [-0.2, -0.15) is 3.89 Å². The van der Waals surface area contributed by atoms with Gasteiger partial charge in [0.1, 0.15) is 23.5 Å². The van der Waals surface area contributed by atoms with Crippen molar-refractivity contribution in [3.05, 3.63) is 18.2 Å². The Hall–Kier alpha value is -1.34. The largest absolute Gasteiger partial charge is 0.382 e. The minimum absolute atomic E-state index is 0.0743. The molecule has 2 aromatic heterocycles. The Morgan fingerprint density at radius 2 is 2.39 bits per heavy atom. The lowest BCUT2D eigenvalue weighted by atomic mass is 10.1. The zero-order valence-electron chi connectivity index (χ0n) is 10.4. The highest BCUT2D eigenvalue weighted by atomic mass is 32.2. The molecule has 7 heteroatoms. The fourth-order valence-corrected chi connectivity index (χ4v) is 2.45. The van der Waals surface area contributed by atoms with Crippen molar-refractivity contribution in [1.29, 1.82) is 0 Å². The predicted octanol–water partition coefficient (Wildman–Crippen LogP) is 2.35. The van der Waals surface area contributed by atoms with Crippen molar-refractivity contribution in [3.63, 3.8) is 0 Å². The van der Waals surface area contributed by atoms with Crippen LogP contribution < -0.4 is 11.1 Å². The third kappa shape index (κ3) is 2.15. The molecule has 0 bridgehead atoms. The van der Waals surface area contributed by atoms with Crippen LogP contribution in [-0.4, -0.2) is 21.4 Å². The van der Waals surface area contributed by atoms with E-state index >= 15 is 0 Å². The summed E-state index contributed by atoms with van der Waals surface area (Å²) in [6, 6.07) is 0.0743. The topological polar surface area (TPSA) is 68.2 Å². The van der Waals surface area contributed by atoms with Crippen molar-refractivity contribution in [2.24, 2.45) is 0 Å². The van der Waals surface area contributed by atoms with Crippen LogP contribution in [0.3, 0.4) is 0 Å². The number of fused-ring (bicyclic) bond motifs is 1. The average molecular weight is 269 g/mol. The molecule has 0 aromatic carbocycles. The van der Waals surface area contributed by atoms with Crippen LogP contribution in [0.25, 0.3) is 5.52 Å². The normalized spacial score (nSPS) is 13.1. The van der Waals surface area contributed by atoms with Crippen molar-refractivity contribution in [2.75, 3.05) is 12.8 Å². The first-order chi connectivity index (χ1) is 8.72. The molecule has 5 nitrogen and oxygen atoms in total. The van der Waals surface area contributed by atoms with Gasteiger partial charge in [0.25, 0.3) is 0 Å². The lowest BCUT2D eigenvalue weighted by Gasteiger charge is -2.13. The SMILES string of the molecule is CCC[C@H](NC)c1nc(SF)c2c(N)nccn12. The molecule has 2 rings (SSSR count). The molecule has 3 N–H and O–H groups in total. The number of imidazole rings is 1. The summed E-state index contributed by atoms with van der Waals surface area (Å²) >= 11 is 0.0995. The molecule has 0 aliphatic heterocycles. The van der Waals surface area contributed by atoms with Gasteiger partial charge in [0.2, 0.25) is 0 Å². The summed E-state index contributed by atoms with van der Waals surface area (Å²) in [6.45, 7) is 2.10. The first-order valence-electron chi connectivity index (χ1n) is 5.81. The molecular formula is C11H16FN5S. The molecule has 0 unspecified atom stereocenters. The van der Waals surface area contributed by atoms with E-state index in [0.717, 1.165) is 18.7 Å². The molecule has 2 heterocycles. The molecule has 0 spiro atoms. The van der Waals surface area contributed by atoms with Crippen LogP contribution in [0.4, 0.5) is 9.70 Å². The summed E-state index contributed by atoms with van der Waals surface area (Å²) in [5.74, 6) is 1.06. The van der Waals surface area contributed by atoms with Crippen LogP contribution in [0.1, 0.15) is 31.6 Å². The Labute approximate surface area is 109 Å². The fourth-order valence-electron chi connectivity index (χ4n) is 2.04. The molecule has 0 amide bonds. The third-order valence-electron chi connectivity index (χ3n) is 2.89. The van der Waals surface area contributed by atoms with Crippen molar-refractivity contribution in [2.45, 2.75) is 30.8 Å². The number of hydrogen-bond donors (Lipinski definition) is 2. The maximum atomic E-state index is 12.9. The van der Waals surface area contributed by atoms with Gasteiger partial charge in [-0.3, -0.25) is 4.40 Å². The maximum absolute atomic E-state index is 12.9. The first kappa shape index (κ1) is 13.1. The summed E-state index contributed by atoms with van der Waals surface area (Å²) in [7, 11) is 1.87. The van der Waals surface area contributed by atoms with E-state index in [2.05, 4.69) is 22.2 Å². The molecule has 0 aliphatic carbocycles. The van der Waals surface area contributed by atoms with Gasteiger partial charge >= 0.3 is 0 Å². The molecule has 0 fully saturated rings. The number of anilines is 1. The Morgan fingerprint density at radius 3 is 3.00 bits per heavy atom. The van der Waals surface area contributed by atoms with Crippen LogP contribution in [0.15, 0.2) is 17.4 Å². The summed E-state index contributed by atoms with van der Waals surface area (Å²) in [5, 5.41) is 3.46. The van der Waals surface area contributed by atoms with Gasteiger partial charge in [-0.1, -0.05) is 13.3 Å². The average Bonchev–Trinajstić information content (AvgIpc) is 2.76. The lowest BCUT2D eigenvalue weighted by molar-refractivity contribution is 0.510. The van der Waals surface area contributed by atoms with Crippen molar-refractivity contribution >= 4 is 23.5 Å². The summed E-state index contributed by atoms with van der Waals surface area (Å²) in [4.78, 5) is 8.30. The van der Waals surface area contributed by atoms with Crippen molar-refractivity contribution in [3.8, 4) is 0 Å². The van der Waals surface area contributed by atoms with E-state index < -0.39 is 0 Å². The molecule has 0 saturated carbocycles. The number of halogens is 1. The molecular weight excluding hydrogens is 253 g/mol. The van der Waals surface area contributed by atoms with E-state index in [1.54, 1.807) is 16.8 Å². The van der Waals surface area contributed by atoms with Crippen molar-refractivity contribution < 1.29 is 3.89 Å². The second-order valence-corrected chi connectivity index (χ2v) is 4.55. The molecule has 18 heavy (non-hydrogen) atoms. The monoisotopic (exact) mass is 269 g/mol. The van der Waals surface area contributed by atoms with Gasteiger partial charge in [-0.05, 0) is 13.5 Å². The second-order valence-electron chi connectivity index (χ2n) is 4.01. The fraction of sp³-hybridized carbons (Fsp3) is 0.455. The van der Waals surface area contributed by atoms with Crippen LogP contribution in [0.5, 0.6) is 0 Å². The van der Waals surface area contributed by atoms with Crippen LogP contribution >= 0.6 is 12.1 Å². The van der Waals surface area contributed by atoms with Crippen LogP contribution in [0.2, 0.25) is 0 Å². The van der Waals surface area contributed by atoms with Gasteiger partial charge in [0.05, 0.1) is 6.04 Å². The highest BCUT2D eigenvalue weighted by Gasteiger charge is 2.20. The number of nitrogens with one attached hydrogen (secondary N) is 1. The first-order valence-corrected chi connectivity index (χ1v) is 6.52. The van der Waals surface area contributed by atoms with Gasteiger partial charge in [-0.25, -0.2) is 9.97 Å². The van der Waals surface area contributed by atoms with Gasteiger partial charge in [0.15, 0.2) is 10.8 Å². The molecule has 0 saturated heterocycles. The minimum Gasteiger partial charge on any atom is -0.382 e. The number of rotatable bonds is 5. The number of hydrogen-bond acceptors (Lipinski definition) is 5. The van der Waals surface area contributed by atoms with E-state index in [9.17, 15) is 3.89 Å². The number of nitrogens with two attached hydrogens (primary N) is 1. The zero-order valence-corrected chi connectivity index (χ0v) is 11.2. The zero-order chi connectivity index (χ0) is 13.1. The Morgan fingerprint density at radius 1 is 1.61 bits per heavy atom. The molecule has 2 aromatic rings. The molecule has 0 radical (unpaired) electrons. The Kier molecular flexibility index (Phi) is 4.03. The van der Waals surface area contributed by atoms with E-state index in [1.165, 1.54) is 0 Å². The van der Waals surface area contributed by atoms with Gasteiger partial charge in [-0.15, -0.1) is 0 Å². The molecule has 98 valence electrons. The highest BCUT2D eigenvalue weighted by Crippen LogP contribution is 2.30.